The zero-order valence-corrected chi connectivity index (χ0v) is 13.5. The molecule has 0 spiro atoms. The van der Waals surface area contributed by atoms with Crippen LogP contribution in [-0.4, -0.2) is 37.8 Å². The molecule has 0 radical (unpaired) electrons. The second kappa shape index (κ2) is 6.08. The predicted molar refractivity (Wildman–Crippen MR) is 88.0 cm³/mol. The number of nitrogens with zero attached hydrogens (tertiary/aromatic N) is 1. The molecule has 2 heterocycles. The third-order valence-corrected chi connectivity index (χ3v) is 5.23. The highest BCUT2D eigenvalue weighted by Crippen LogP contribution is 2.22. The summed E-state index contributed by atoms with van der Waals surface area (Å²) in [6.07, 6.45) is 3.74. The Hall–Kier alpha value is -2.28. The number of carbonyl (C=O) groups is 1. The topological polar surface area (TPSA) is 77.4 Å². The Kier molecular flexibility index (Phi) is 4.12. The van der Waals surface area contributed by atoms with Crippen molar-refractivity contribution in [2.75, 3.05) is 12.9 Å². The molecule has 0 fully saturated rings. The number of nitrogens with one attached hydrogen (secondary N) is 1. The summed E-state index contributed by atoms with van der Waals surface area (Å²) in [5, 5.41) is 4.93. The minimum absolute atomic E-state index is 0.0506. The minimum Gasteiger partial charge on any atom is -0.497 e. The summed E-state index contributed by atoms with van der Waals surface area (Å²) in [6.45, 7) is 0.533. The van der Waals surface area contributed by atoms with Crippen molar-refractivity contribution in [1.29, 1.82) is 0 Å². The second-order valence-electron chi connectivity index (χ2n) is 5.52. The van der Waals surface area contributed by atoms with E-state index in [0.29, 0.717) is 13.0 Å². The van der Waals surface area contributed by atoms with Crippen molar-refractivity contribution in [2.45, 2.75) is 19.0 Å². The van der Waals surface area contributed by atoms with Gasteiger partial charge in [0.25, 0.3) is 0 Å². The van der Waals surface area contributed by atoms with Crippen molar-refractivity contribution in [3.63, 3.8) is 0 Å². The fourth-order valence-electron chi connectivity index (χ4n) is 2.67. The third-order valence-electron chi connectivity index (χ3n) is 3.83. The molecule has 0 aliphatic carbocycles. The van der Waals surface area contributed by atoms with Gasteiger partial charge in [-0.1, -0.05) is 0 Å². The van der Waals surface area contributed by atoms with E-state index in [-0.39, 0.29) is 11.7 Å². The summed E-state index contributed by atoms with van der Waals surface area (Å²) >= 11 is 0. The average Bonchev–Trinajstić information content (AvgIpc) is 3.07. The Morgan fingerprint density at radius 3 is 2.91 bits per heavy atom. The van der Waals surface area contributed by atoms with E-state index in [1.54, 1.807) is 7.11 Å². The molecule has 1 aliphatic heterocycles. The number of aromatic nitrogens is 1. The van der Waals surface area contributed by atoms with Gasteiger partial charge in [0.1, 0.15) is 5.75 Å². The minimum atomic E-state index is -3.15. The van der Waals surface area contributed by atoms with Crippen molar-refractivity contribution < 1.29 is 17.9 Å². The number of benzene rings is 1. The lowest BCUT2D eigenvalue weighted by Crippen LogP contribution is -2.35. The lowest BCUT2D eigenvalue weighted by molar-refractivity contribution is -0.121. The van der Waals surface area contributed by atoms with Gasteiger partial charge in [0.15, 0.2) is 9.84 Å². The Bertz CT molecular complexity index is 867. The van der Waals surface area contributed by atoms with Crippen LogP contribution < -0.4 is 10.1 Å². The summed E-state index contributed by atoms with van der Waals surface area (Å²) in [5.41, 5.74) is 1.03. The molecule has 0 saturated carbocycles. The van der Waals surface area contributed by atoms with Gasteiger partial charge in [0.05, 0.1) is 18.9 Å². The first-order chi connectivity index (χ1) is 11.0. The van der Waals surface area contributed by atoms with E-state index in [0.717, 1.165) is 22.1 Å². The van der Waals surface area contributed by atoms with Crippen LogP contribution in [0.3, 0.4) is 0 Å². The van der Waals surface area contributed by atoms with Gasteiger partial charge in [0.2, 0.25) is 5.91 Å². The number of rotatable bonds is 5. The molecular formula is C16H18N2O4S. The van der Waals surface area contributed by atoms with Crippen LogP contribution in [0.15, 0.2) is 41.9 Å². The highest BCUT2D eigenvalue weighted by atomic mass is 32.2. The van der Waals surface area contributed by atoms with E-state index in [2.05, 4.69) is 5.32 Å². The standard InChI is InChI=1S/C16H18N2O4S/c1-22-14-2-3-15-12(10-14)4-7-18(15)8-5-16(19)17-13-6-9-23(20,21)11-13/h2-4,6-7,9-10,13H,5,8,11H2,1H3,(H,17,19). The first-order valence-corrected chi connectivity index (χ1v) is 9.01. The van der Waals surface area contributed by atoms with Gasteiger partial charge in [0, 0.05) is 35.5 Å². The second-order valence-corrected chi connectivity index (χ2v) is 7.45. The maximum absolute atomic E-state index is 12.0. The Labute approximate surface area is 134 Å². The quantitative estimate of drug-likeness (QED) is 0.898. The number of amides is 1. The van der Waals surface area contributed by atoms with E-state index in [9.17, 15) is 13.2 Å². The Morgan fingerprint density at radius 1 is 1.39 bits per heavy atom. The molecule has 1 N–H and O–H groups in total. The van der Waals surface area contributed by atoms with Crippen LogP contribution in [0.2, 0.25) is 0 Å². The summed E-state index contributed by atoms with van der Waals surface area (Å²) < 4.78 is 29.8. The van der Waals surface area contributed by atoms with Gasteiger partial charge in [-0.05, 0) is 30.3 Å². The van der Waals surface area contributed by atoms with Crippen LogP contribution >= 0.6 is 0 Å². The molecule has 2 aromatic rings. The molecule has 1 aliphatic rings. The number of methoxy groups -OCH3 is 1. The van der Waals surface area contributed by atoms with E-state index in [1.807, 2.05) is 35.0 Å². The highest BCUT2D eigenvalue weighted by molar-refractivity contribution is 7.94. The summed E-state index contributed by atoms with van der Waals surface area (Å²) in [4.78, 5) is 12.0. The molecule has 7 heteroatoms. The van der Waals surface area contributed by atoms with Crippen molar-refractivity contribution in [3.8, 4) is 5.75 Å². The van der Waals surface area contributed by atoms with Gasteiger partial charge in [-0.3, -0.25) is 4.79 Å². The molecule has 122 valence electrons. The van der Waals surface area contributed by atoms with Crippen LogP contribution in [0.25, 0.3) is 10.9 Å². The van der Waals surface area contributed by atoms with Crippen molar-refractivity contribution in [3.05, 3.63) is 41.9 Å². The highest BCUT2D eigenvalue weighted by Gasteiger charge is 2.22. The first-order valence-electron chi connectivity index (χ1n) is 7.30. The lowest BCUT2D eigenvalue weighted by Gasteiger charge is -2.11. The molecule has 1 unspecified atom stereocenters. The van der Waals surface area contributed by atoms with Crippen molar-refractivity contribution in [2.24, 2.45) is 0 Å². The Balaban J connectivity index is 1.60. The molecule has 0 saturated heterocycles. The molecule has 1 atom stereocenters. The summed E-state index contributed by atoms with van der Waals surface area (Å²) in [7, 11) is -1.52. The number of ether oxygens (including phenoxy) is 1. The van der Waals surface area contributed by atoms with Crippen molar-refractivity contribution in [1.82, 2.24) is 9.88 Å². The fraction of sp³-hybridized carbons (Fsp3) is 0.312. The van der Waals surface area contributed by atoms with Gasteiger partial charge >= 0.3 is 0 Å². The number of carbonyl (C=O) groups excluding carboxylic acids is 1. The molecule has 1 amide bonds. The molecule has 23 heavy (non-hydrogen) atoms. The molecule has 6 nitrogen and oxygen atoms in total. The smallest absolute Gasteiger partial charge is 0.222 e. The third kappa shape index (κ3) is 3.56. The largest absolute Gasteiger partial charge is 0.497 e. The maximum atomic E-state index is 12.0. The van der Waals surface area contributed by atoms with Crippen LogP contribution in [0, 0.1) is 0 Å². The SMILES string of the molecule is COc1ccc2c(ccn2CCC(=O)NC2C=CS(=O)(=O)C2)c1. The summed E-state index contributed by atoms with van der Waals surface area (Å²) in [5.74, 6) is 0.583. The number of hydrogen-bond donors (Lipinski definition) is 1. The molecule has 0 bridgehead atoms. The number of fused-ring (bicyclic) bond motifs is 1. The molecular weight excluding hydrogens is 316 g/mol. The van der Waals surface area contributed by atoms with E-state index in [1.165, 1.54) is 6.08 Å². The molecule has 3 rings (SSSR count). The number of aryl methyl sites for hydroxylation is 1. The van der Waals surface area contributed by atoms with E-state index < -0.39 is 15.9 Å². The van der Waals surface area contributed by atoms with Crippen LogP contribution in [0.4, 0.5) is 0 Å². The van der Waals surface area contributed by atoms with Gasteiger partial charge in [-0.25, -0.2) is 8.42 Å². The number of sulfone groups is 1. The van der Waals surface area contributed by atoms with Gasteiger partial charge in [-0.15, -0.1) is 0 Å². The number of hydrogen-bond acceptors (Lipinski definition) is 4. The van der Waals surface area contributed by atoms with Gasteiger partial charge < -0.3 is 14.6 Å². The maximum Gasteiger partial charge on any atom is 0.222 e. The average molecular weight is 334 g/mol. The van der Waals surface area contributed by atoms with Crippen LogP contribution in [0.1, 0.15) is 6.42 Å². The van der Waals surface area contributed by atoms with E-state index in [4.69, 9.17) is 4.74 Å². The summed E-state index contributed by atoms with van der Waals surface area (Å²) in [6, 6.07) is 7.34. The normalized spacial score (nSPS) is 19.1. The zero-order chi connectivity index (χ0) is 16.4. The first kappa shape index (κ1) is 15.6. The molecule has 1 aromatic heterocycles. The fourth-order valence-corrected chi connectivity index (χ4v) is 3.90. The van der Waals surface area contributed by atoms with Crippen LogP contribution in [-0.2, 0) is 21.2 Å². The lowest BCUT2D eigenvalue weighted by atomic mass is 10.2. The van der Waals surface area contributed by atoms with Crippen LogP contribution in [0.5, 0.6) is 5.75 Å². The molecule has 1 aromatic carbocycles. The van der Waals surface area contributed by atoms with E-state index >= 15 is 0 Å². The monoisotopic (exact) mass is 334 g/mol. The Morgan fingerprint density at radius 2 is 2.22 bits per heavy atom. The van der Waals surface area contributed by atoms with Crippen molar-refractivity contribution >= 4 is 26.6 Å². The predicted octanol–water partition coefficient (Wildman–Crippen LogP) is 1.47. The zero-order valence-electron chi connectivity index (χ0n) is 12.7. The van der Waals surface area contributed by atoms with Gasteiger partial charge in [-0.2, -0.15) is 0 Å².